The molecule has 0 aromatic heterocycles. The summed E-state index contributed by atoms with van der Waals surface area (Å²) in [6, 6.07) is 20.2. The third-order valence-corrected chi connectivity index (χ3v) is 4.01. The number of benzene rings is 2. The predicted molar refractivity (Wildman–Crippen MR) is 94.0 cm³/mol. The number of rotatable bonds is 5. The molecule has 0 radical (unpaired) electrons. The van der Waals surface area contributed by atoms with Crippen molar-refractivity contribution in [3.63, 3.8) is 0 Å². The predicted octanol–water partition coefficient (Wildman–Crippen LogP) is 4.00. The van der Waals surface area contributed by atoms with Crippen LogP contribution in [0.5, 0.6) is 0 Å². The number of hydrogen-bond acceptors (Lipinski definition) is 2. The first-order valence-corrected chi connectivity index (χ1v) is 7.86. The molecule has 1 fully saturated rings. The van der Waals surface area contributed by atoms with Crippen molar-refractivity contribution in [2.24, 2.45) is 11.0 Å². The van der Waals surface area contributed by atoms with Crippen LogP contribution in [0.3, 0.4) is 0 Å². The number of hydrogen-bond donors (Lipinski definition) is 1. The molecule has 0 spiro atoms. The van der Waals surface area contributed by atoms with E-state index in [9.17, 15) is 4.79 Å². The first-order valence-electron chi connectivity index (χ1n) is 7.86. The summed E-state index contributed by atoms with van der Waals surface area (Å²) in [6.45, 7) is 1.88. The lowest BCUT2D eigenvalue weighted by atomic mass is 10.1. The maximum absolute atomic E-state index is 12.1. The van der Waals surface area contributed by atoms with Gasteiger partial charge in [-0.1, -0.05) is 66.7 Å². The van der Waals surface area contributed by atoms with Gasteiger partial charge in [-0.2, -0.15) is 5.10 Å². The summed E-state index contributed by atoms with van der Waals surface area (Å²) in [4.78, 5) is 12.1. The Hall–Kier alpha value is -2.68. The fourth-order valence-electron chi connectivity index (χ4n) is 2.60. The molecule has 2 atom stereocenters. The molecule has 1 N–H and O–H groups in total. The van der Waals surface area contributed by atoms with Crippen molar-refractivity contribution in [1.29, 1.82) is 0 Å². The molecule has 116 valence electrons. The van der Waals surface area contributed by atoms with E-state index in [-0.39, 0.29) is 11.8 Å². The molecule has 0 heterocycles. The van der Waals surface area contributed by atoms with E-state index in [0.29, 0.717) is 5.92 Å². The highest BCUT2D eigenvalue weighted by atomic mass is 16.2. The van der Waals surface area contributed by atoms with E-state index in [1.165, 1.54) is 5.56 Å². The molecule has 0 aliphatic heterocycles. The van der Waals surface area contributed by atoms with Gasteiger partial charge in [0.1, 0.15) is 0 Å². The monoisotopic (exact) mass is 304 g/mol. The average Bonchev–Trinajstić information content (AvgIpc) is 3.40. The summed E-state index contributed by atoms with van der Waals surface area (Å²) in [5, 5.41) is 4.16. The second kappa shape index (κ2) is 7.05. The van der Waals surface area contributed by atoms with Gasteiger partial charge in [-0.05, 0) is 36.5 Å². The quantitative estimate of drug-likeness (QED) is 0.658. The van der Waals surface area contributed by atoms with Crippen LogP contribution < -0.4 is 5.43 Å². The van der Waals surface area contributed by atoms with Gasteiger partial charge in [0.15, 0.2) is 0 Å². The summed E-state index contributed by atoms with van der Waals surface area (Å²) >= 11 is 0. The van der Waals surface area contributed by atoms with Crippen LogP contribution in [0, 0.1) is 5.92 Å². The zero-order chi connectivity index (χ0) is 16.1. The largest absolute Gasteiger partial charge is 0.273 e. The van der Waals surface area contributed by atoms with Crippen molar-refractivity contribution >= 4 is 17.7 Å². The molecule has 1 aliphatic carbocycles. The normalized spacial score (nSPS) is 20.5. The Morgan fingerprint density at radius 2 is 1.74 bits per heavy atom. The van der Waals surface area contributed by atoms with E-state index in [4.69, 9.17) is 0 Å². The lowest BCUT2D eigenvalue weighted by Crippen LogP contribution is -2.21. The second-order valence-electron chi connectivity index (χ2n) is 5.83. The van der Waals surface area contributed by atoms with Crippen LogP contribution in [0.25, 0.3) is 6.08 Å². The van der Waals surface area contributed by atoms with Gasteiger partial charge in [-0.25, -0.2) is 5.43 Å². The Labute approximate surface area is 136 Å². The van der Waals surface area contributed by atoms with Gasteiger partial charge in [-0.3, -0.25) is 4.79 Å². The van der Waals surface area contributed by atoms with E-state index in [1.54, 1.807) is 0 Å². The molecule has 2 aromatic carbocycles. The molecule has 2 aromatic rings. The summed E-state index contributed by atoms with van der Waals surface area (Å²) in [6.07, 6.45) is 4.79. The van der Waals surface area contributed by atoms with Crippen LogP contribution in [0.4, 0.5) is 0 Å². The lowest BCUT2D eigenvalue weighted by molar-refractivity contribution is -0.122. The van der Waals surface area contributed by atoms with Crippen LogP contribution in [0.15, 0.2) is 71.8 Å². The maximum atomic E-state index is 12.1. The number of allylic oxidation sites excluding steroid dienone is 1. The standard InChI is InChI=1S/C20H20N2O/c1-15(12-13-16-8-4-2-5-9-16)21-22-20(23)19-14-18(19)17-10-6-3-7-11-17/h2-13,18-19H,14H2,1H3,(H,22,23)/b13-12+,21-15-/t18-,19-/m1/s1. The molecule has 1 saturated carbocycles. The second-order valence-corrected chi connectivity index (χ2v) is 5.83. The molecule has 0 unspecified atom stereocenters. The van der Waals surface area contributed by atoms with E-state index in [0.717, 1.165) is 17.7 Å². The number of nitrogens with one attached hydrogen (secondary N) is 1. The highest BCUT2D eigenvalue weighted by molar-refractivity contribution is 5.97. The molecular formula is C20H20N2O. The molecule has 23 heavy (non-hydrogen) atoms. The lowest BCUT2D eigenvalue weighted by Gasteiger charge is -2.01. The van der Waals surface area contributed by atoms with Crippen LogP contribution in [-0.2, 0) is 4.79 Å². The SMILES string of the molecule is CC(/C=C/c1ccccc1)=N/NC(=O)[C@@H]1C[C@@H]1c1ccccc1. The molecule has 0 bridgehead atoms. The Kier molecular flexibility index (Phi) is 4.67. The van der Waals surface area contributed by atoms with Crippen molar-refractivity contribution < 1.29 is 4.79 Å². The van der Waals surface area contributed by atoms with Gasteiger partial charge >= 0.3 is 0 Å². The zero-order valence-electron chi connectivity index (χ0n) is 13.1. The van der Waals surface area contributed by atoms with Gasteiger partial charge in [0.05, 0.1) is 5.71 Å². The molecule has 0 saturated heterocycles. The third-order valence-electron chi connectivity index (χ3n) is 4.01. The highest BCUT2D eigenvalue weighted by Crippen LogP contribution is 2.47. The highest BCUT2D eigenvalue weighted by Gasteiger charge is 2.43. The van der Waals surface area contributed by atoms with Crippen molar-refractivity contribution in [1.82, 2.24) is 5.43 Å². The minimum atomic E-state index is 0.00585. The van der Waals surface area contributed by atoms with Crippen molar-refractivity contribution in [3.05, 3.63) is 77.9 Å². The zero-order valence-corrected chi connectivity index (χ0v) is 13.1. The number of carbonyl (C=O) groups is 1. The van der Waals surface area contributed by atoms with Crippen molar-refractivity contribution in [2.45, 2.75) is 19.3 Å². The van der Waals surface area contributed by atoms with E-state index in [2.05, 4.69) is 22.7 Å². The summed E-state index contributed by atoms with van der Waals surface area (Å²) in [5.41, 5.74) is 5.80. The Morgan fingerprint density at radius 1 is 1.09 bits per heavy atom. The Bertz CT molecular complexity index is 720. The average molecular weight is 304 g/mol. The topological polar surface area (TPSA) is 41.5 Å². The third kappa shape index (κ3) is 4.16. The number of hydrazone groups is 1. The molecule has 1 aliphatic rings. The van der Waals surface area contributed by atoms with Gasteiger partial charge < -0.3 is 0 Å². The molecular weight excluding hydrogens is 284 g/mol. The molecule has 1 amide bonds. The minimum absolute atomic E-state index is 0.00585. The first-order chi connectivity index (χ1) is 11.2. The van der Waals surface area contributed by atoms with E-state index < -0.39 is 0 Å². The Balaban J connectivity index is 1.52. The summed E-state index contributed by atoms with van der Waals surface area (Å²) in [7, 11) is 0. The summed E-state index contributed by atoms with van der Waals surface area (Å²) < 4.78 is 0. The molecule has 3 rings (SSSR count). The van der Waals surface area contributed by atoms with E-state index >= 15 is 0 Å². The Morgan fingerprint density at radius 3 is 2.43 bits per heavy atom. The van der Waals surface area contributed by atoms with Crippen LogP contribution in [0.1, 0.15) is 30.4 Å². The first kappa shape index (κ1) is 15.2. The maximum Gasteiger partial charge on any atom is 0.243 e. The number of nitrogens with zero attached hydrogens (tertiary/aromatic N) is 1. The van der Waals surface area contributed by atoms with Crippen LogP contribution in [0.2, 0.25) is 0 Å². The van der Waals surface area contributed by atoms with Crippen LogP contribution in [-0.4, -0.2) is 11.6 Å². The van der Waals surface area contributed by atoms with Gasteiger partial charge in [0.2, 0.25) is 5.91 Å². The number of carbonyl (C=O) groups excluding carboxylic acids is 1. The summed E-state index contributed by atoms with van der Waals surface area (Å²) in [5.74, 6) is 0.393. The van der Waals surface area contributed by atoms with Crippen molar-refractivity contribution in [2.75, 3.05) is 0 Å². The fraction of sp³-hybridized carbons (Fsp3) is 0.200. The molecule has 3 heteroatoms. The van der Waals surface area contributed by atoms with E-state index in [1.807, 2.05) is 67.6 Å². The van der Waals surface area contributed by atoms with Crippen LogP contribution >= 0.6 is 0 Å². The van der Waals surface area contributed by atoms with Gasteiger partial charge in [0.25, 0.3) is 0 Å². The van der Waals surface area contributed by atoms with Crippen molar-refractivity contribution in [3.8, 4) is 0 Å². The molecule has 3 nitrogen and oxygen atoms in total. The smallest absolute Gasteiger partial charge is 0.243 e. The van der Waals surface area contributed by atoms with Gasteiger partial charge in [0, 0.05) is 5.92 Å². The fourth-order valence-corrected chi connectivity index (χ4v) is 2.60. The van der Waals surface area contributed by atoms with Gasteiger partial charge in [-0.15, -0.1) is 0 Å². The number of amides is 1. The minimum Gasteiger partial charge on any atom is -0.273 e.